The fourth-order valence-electron chi connectivity index (χ4n) is 5.07. The zero-order valence-electron chi connectivity index (χ0n) is 18.8. The average molecular weight is 425 g/mol. The molecule has 0 saturated carbocycles. The highest BCUT2D eigenvalue weighted by atomic mass is 16.6. The first-order valence-corrected chi connectivity index (χ1v) is 11.4. The Labute approximate surface area is 189 Å². The number of carbonyl (C=O) groups excluding carboxylic acids is 1. The summed E-state index contributed by atoms with van der Waals surface area (Å²) in [5, 5.41) is 1.10. The van der Waals surface area contributed by atoms with Gasteiger partial charge in [0.15, 0.2) is 5.60 Å². The maximum absolute atomic E-state index is 13.1. The second kappa shape index (κ2) is 7.86. The molecule has 162 valence electrons. The van der Waals surface area contributed by atoms with Crippen molar-refractivity contribution in [2.75, 3.05) is 18.0 Å². The summed E-state index contributed by atoms with van der Waals surface area (Å²) in [7, 11) is 0. The van der Waals surface area contributed by atoms with Gasteiger partial charge in [-0.3, -0.25) is 0 Å². The van der Waals surface area contributed by atoms with Crippen LogP contribution in [0.2, 0.25) is 0 Å². The molecule has 32 heavy (non-hydrogen) atoms. The molecule has 0 fully saturated rings. The van der Waals surface area contributed by atoms with Crippen molar-refractivity contribution in [2.24, 2.45) is 0 Å². The molecule has 1 aromatic heterocycles. The third-order valence-corrected chi connectivity index (χ3v) is 6.68. The van der Waals surface area contributed by atoms with E-state index in [1.165, 1.54) is 5.69 Å². The molecule has 0 radical (unpaired) electrons. The molecule has 0 aliphatic carbocycles. The fraction of sp³-hybridized carbons (Fsp3) is 0.250. The fourth-order valence-corrected chi connectivity index (χ4v) is 5.07. The highest BCUT2D eigenvalue weighted by Crippen LogP contribution is 2.49. The van der Waals surface area contributed by atoms with Crippen LogP contribution in [0.4, 0.5) is 5.69 Å². The van der Waals surface area contributed by atoms with Gasteiger partial charge in [0.2, 0.25) is 0 Å². The monoisotopic (exact) mass is 424 g/mol. The molecule has 4 aromatic rings. The summed E-state index contributed by atoms with van der Waals surface area (Å²) in [5.74, 6) is -0.276. The average Bonchev–Trinajstić information content (AvgIpc) is 3.37. The normalized spacial score (nSPS) is 17.4. The number of benzene rings is 3. The van der Waals surface area contributed by atoms with Gasteiger partial charge < -0.3 is 14.2 Å². The first-order chi connectivity index (χ1) is 15.6. The van der Waals surface area contributed by atoms with Crippen molar-refractivity contribution in [1.29, 1.82) is 0 Å². The first-order valence-electron chi connectivity index (χ1n) is 11.4. The summed E-state index contributed by atoms with van der Waals surface area (Å²) in [6.45, 7) is 9.19. The molecule has 0 N–H and O–H groups in total. The third-order valence-electron chi connectivity index (χ3n) is 6.68. The van der Waals surface area contributed by atoms with Crippen molar-refractivity contribution in [1.82, 2.24) is 4.57 Å². The van der Waals surface area contributed by atoms with Crippen molar-refractivity contribution in [3.05, 3.63) is 101 Å². The molecule has 1 aliphatic heterocycles. The highest BCUT2D eigenvalue weighted by Gasteiger charge is 2.49. The van der Waals surface area contributed by atoms with E-state index in [1.807, 2.05) is 30.3 Å². The third kappa shape index (κ3) is 2.86. The molecule has 1 atom stereocenters. The molecule has 1 unspecified atom stereocenters. The van der Waals surface area contributed by atoms with Gasteiger partial charge in [-0.05, 0) is 45.0 Å². The summed E-state index contributed by atoms with van der Waals surface area (Å²) < 4.78 is 8.57. The van der Waals surface area contributed by atoms with E-state index in [0.717, 1.165) is 47.2 Å². The van der Waals surface area contributed by atoms with E-state index in [2.05, 4.69) is 78.9 Å². The number of nitrogens with zero attached hydrogens (tertiary/aromatic N) is 2. The molecular weight excluding hydrogens is 396 g/mol. The van der Waals surface area contributed by atoms with Crippen LogP contribution in [0, 0.1) is 0 Å². The SMILES string of the molecule is CCN(CC)c1ccc(C2(c3cn(CC)c4ccccc34)OC(=O)c3ccccc32)cc1. The van der Waals surface area contributed by atoms with Crippen LogP contribution < -0.4 is 4.90 Å². The van der Waals surface area contributed by atoms with Gasteiger partial charge in [0.1, 0.15) is 0 Å². The Bertz CT molecular complexity index is 1280. The molecule has 0 spiro atoms. The lowest BCUT2D eigenvalue weighted by Crippen LogP contribution is -2.29. The van der Waals surface area contributed by atoms with Crippen molar-refractivity contribution in [3.8, 4) is 0 Å². The Morgan fingerprint density at radius 2 is 1.53 bits per heavy atom. The number of ether oxygens (including phenoxy) is 1. The minimum Gasteiger partial charge on any atom is -0.440 e. The Kier molecular flexibility index (Phi) is 5.01. The van der Waals surface area contributed by atoms with E-state index in [1.54, 1.807) is 0 Å². The van der Waals surface area contributed by atoms with Gasteiger partial charge in [0.25, 0.3) is 0 Å². The van der Waals surface area contributed by atoms with Gasteiger partial charge in [-0.15, -0.1) is 0 Å². The number of aromatic nitrogens is 1. The molecule has 5 rings (SSSR count). The van der Waals surface area contributed by atoms with Gasteiger partial charge >= 0.3 is 5.97 Å². The predicted molar refractivity (Wildman–Crippen MR) is 129 cm³/mol. The van der Waals surface area contributed by atoms with Gasteiger partial charge in [-0.2, -0.15) is 0 Å². The van der Waals surface area contributed by atoms with E-state index < -0.39 is 5.60 Å². The summed E-state index contributed by atoms with van der Waals surface area (Å²) in [6.07, 6.45) is 2.15. The van der Waals surface area contributed by atoms with E-state index in [0.29, 0.717) is 5.56 Å². The van der Waals surface area contributed by atoms with Crippen LogP contribution in [-0.4, -0.2) is 23.6 Å². The Hall–Kier alpha value is -3.53. The molecule has 0 saturated heterocycles. The van der Waals surface area contributed by atoms with Crippen LogP contribution >= 0.6 is 0 Å². The zero-order chi connectivity index (χ0) is 22.3. The van der Waals surface area contributed by atoms with Crippen LogP contribution in [0.5, 0.6) is 0 Å². The predicted octanol–water partition coefficient (Wildman–Crippen LogP) is 5.97. The largest absolute Gasteiger partial charge is 0.440 e. The first kappa shape index (κ1) is 20.4. The van der Waals surface area contributed by atoms with E-state index in [-0.39, 0.29) is 5.97 Å². The smallest absolute Gasteiger partial charge is 0.340 e. The van der Waals surface area contributed by atoms with Crippen molar-refractivity contribution >= 4 is 22.6 Å². The maximum Gasteiger partial charge on any atom is 0.340 e. The maximum atomic E-state index is 13.1. The minimum atomic E-state index is -0.977. The van der Waals surface area contributed by atoms with Gasteiger partial charge in [-0.1, -0.05) is 48.5 Å². The lowest BCUT2D eigenvalue weighted by molar-refractivity contribution is 0.0255. The van der Waals surface area contributed by atoms with Crippen LogP contribution in [0.1, 0.15) is 47.8 Å². The number of rotatable bonds is 6. The summed E-state index contributed by atoms with van der Waals surface area (Å²) in [5.41, 5.74) is 4.84. The van der Waals surface area contributed by atoms with E-state index >= 15 is 0 Å². The number of esters is 1. The second-order valence-corrected chi connectivity index (χ2v) is 8.18. The zero-order valence-corrected chi connectivity index (χ0v) is 18.8. The lowest BCUT2D eigenvalue weighted by atomic mass is 9.79. The molecule has 4 heteroatoms. The van der Waals surface area contributed by atoms with Gasteiger partial charge in [0.05, 0.1) is 5.56 Å². The van der Waals surface area contributed by atoms with Crippen molar-refractivity contribution in [2.45, 2.75) is 32.9 Å². The van der Waals surface area contributed by atoms with E-state index in [4.69, 9.17) is 4.74 Å². The minimum absolute atomic E-state index is 0.276. The van der Waals surface area contributed by atoms with Crippen molar-refractivity contribution in [3.63, 3.8) is 0 Å². The number of cyclic esters (lactones) is 1. The molecule has 4 nitrogen and oxygen atoms in total. The second-order valence-electron chi connectivity index (χ2n) is 8.18. The molecular formula is C28H28N2O2. The molecule has 0 bridgehead atoms. The number of para-hydroxylation sites is 1. The number of carbonyl (C=O) groups is 1. The molecule has 3 aromatic carbocycles. The molecule has 1 aliphatic rings. The highest BCUT2D eigenvalue weighted by molar-refractivity contribution is 5.98. The van der Waals surface area contributed by atoms with Gasteiger partial charge in [-0.25, -0.2) is 4.79 Å². The van der Waals surface area contributed by atoms with Gasteiger partial charge in [0, 0.05) is 59.1 Å². The van der Waals surface area contributed by atoms with E-state index in [9.17, 15) is 4.79 Å². The molecule has 0 amide bonds. The van der Waals surface area contributed by atoms with Crippen LogP contribution in [0.25, 0.3) is 10.9 Å². The van der Waals surface area contributed by atoms with Crippen LogP contribution in [-0.2, 0) is 16.9 Å². The number of anilines is 1. The summed E-state index contributed by atoms with van der Waals surface area (Å²) in [4.78, 5) is 15.4. The standard InChI is InChI=1S/C28H28N2O2/c1-4-29(5-2)21-17-15-20(16-18-21)28(24-13-9-7-12-23(24)27(31)32-28)25-19-30(6-3)26-14-10-8-11-22(25)26/h7-19H,4-6H2,1-3H3. The Balaban J connectivity index is 1.80. The number of aryl methyl sites for hydroxylation is 1. The van der Waals surface area contributed by atoms with Crippen LogP contribution in [0.3, 0.4) is 0 Å². The lowest BCUT2D eigenvalue weighted by Gasteiger charge is -2.30. The number of fused-ring (bicyclic) bond motifs is 2. The number of hydrogen-bond acceptors (Lipinski definition) is 3. The Morgan fingerprint density at radius 3 is 2.25 bits per heavy atom. The Morgan fingerprint density at radius 1 is 0.844 bits per heavy atom. The topological polar surface area (TPSA) is 34.5 Å². The quantitative estimate of drug-likeness (QED) is 0.358. The van der Waals surface area contributed by atoms with Crippen molar-refractivity contribution < 1.29 is 9.53 Å². The number of hydrogen-bond donors (Lipinski definition) is 0. The summed E-state index contributed by atoms with van der Waals surface area (Å²) in [6, 6.07) is 24.6. The summed E-state index contributed by atoms with van der Waals surface area (Å²) >= 11 is 0. The van der Waals surface area contributed by atoms with Crippen LogP contribution in [0.15, 0.2) is 79.0 Å². The molecule has 2 heterocycles.